The van der Waals surface area contributed by atoms with E-state index in [-0.39, 0.29) is 0 Å². The molecule has 0 fully saturated rings. The Kier molecular flexibility index (Phi) is 6.30. The zero-order chi connectivity index (χ0) is 31.0. The molecule has 3 heterocycles. The van der Waals surface area contributed by atoms with E-state index in [1.165, 1.54) is 74.2 Å². The third-order valence-electron chi connectivity index (χ3n) is 9.55. The summed E-state index contributed by atoms with van der Waals surface area (Å²) >= 11 is 3.99. The fourth-order valence-electron chi connectivity index (χ4n) is 7.64. The van der Waals surface area contributed by atoms with Crippen molar-refractivity contribution in [3.63, 3.8) is 0 Å². The lowest BCUT2D eigenvalue weighted by atomic mass is 9.77. The Morgan fingerprint density at radius 3 is 1.36 bits per heavy atom. The van der Waals surface area contributed by atoms with Crippen molar-refractivity contribution in [2.24, 2.45) is 0 Å². The summed E-state index contributed by atoms with van der Waals surface area (Å²) in [6.07, 6.45) is 0. The van der Waals surface area contributed by atoms with Crippen LogP contribution in [0, 0.1) is 0 Å². The van der Waals surface area contributed by atoms with Crippen LogP contribution in [-0.4, -0.2) is 5.27 Å². The largest absolute Gasteiger partial charge is 0.318 e. The van der Waals surface area contributed by atoms with Crippen LogP contribution in [-0.2, 0) is 0 Å². The lowest BCUT2D eigenvalue weighted by molar-refractivity contribution is 1.12. The molecule has 0 bridgehead atoms. The third-order valence-corrected chi connectivity index (χ3v) is 16.2. The van der Waals surface area contributed by atoms with Gasteiger partial charge < -0.3 is 4.90 Å². The van der Waals surface area contributed by atoms with Gasteiger partial charge in [0.2, 0.25) is 0 Å². The highest BCUT2D eigenvalue weighted by atomic mass is 32.3. The first-order valence-corrected chi connectivity index (χ1v) is 19.3. The van der Waals surface area contributed by atoms with E-state index in [9.17, 15) is 0 Å². The minimum absolute atomic E-state index is 0.327. The second-order valence-electron chi connectivity index (χ2n) is 12.0. The Morgan fingerprint density at radius 1 is 0.426 bits per heavy atom. The highest BCUT2D eigenvalue weighted by Gasteiger charge is 2.43. The highest BCUT2D eigenvalue weighted by Crippen LogP contribution is 2.79. The van der Waals surface area contributed by atoms with Gasteiger partial charge in [-0.3, -0.25) is 0 Å². The zero-order valence-electron chi connectivity index (χ0n) is 25.4. The van der Waals surface area contributed by atoms with Crippen LogP contribution in [0.15, 0.2) is 199 Å². The number of rotatable bonds is 3. The van der Waals surface area contributed by atoms with Crippen molar-refractivity contribution in [3.05, 3.63) is 170 Å². The van der Waals surface area contributed by atoms with Crippen molar-refractivity contribution >= 4 is 61.0 Å². The van der Waals surface area contributed by atoms with E-state index in [2.05, 4.69) is 175 Å². The van der Waals surface area contributed by atoms with Gasteiger partial charge in [-0.1, -0.05) is 97.1 Å². The van der Waals surface area contributed by atoms with Crippen molar-refractivity contribution in [2.75, 3.05) is 4.90 Å². The van der Waals surface area contributed by atoms with Gasteiger partial charge in [0.25, 0.3) is 0 Å². The lowest BCUT2D eigenvalue weighted by Gasteiger charge is -2.50. The van der Waals surface area contributed by atoms with Gasteiger partial charge >= 0.3 is 5.27 Å². The number of fused-ring (bicyclic) bond motifs is 6. The molecule has 0 N–H and O–H groups in total. The van der Waals surface area contributed by atoms with Crippen molar-refractivity contribution in [2.45, 2.75) is 29.4 Å². The first kappa shape index (κ1) is 27.6. The van der Waals surface area contributed by atoms with Gasteiger partial charge in [0.1, 0.15) is 0 Å². The average Bonchev–Trinajstić information content (AvgIpc) is 3.14. The summed E-state index contributed by atoms with van der Waals surface area (Å²) in [5.74, 6) is 0. The van der Waals surface area contributed by atoms with Crippen LogP contribution in [0.2, 0.25) is 0 Å². The number of benzene rings is 7. The molecule has 3 aliphatic rings. The Labute approximate surface area is 285 Å². The van der Waals surface area contributed by atoms with Crippen LogP contribution < -0.4 is 10.4 Å². The van der Waals surface area contributed by atoms with Crippen LogP contribution in [0.4, 0.5) is 17.1 Å². The molecule has 0 saturated heterocycles. The van der Waals surface area contributed by atoms with E-state index in [1.54, 1.807) is 0 Å². The van der Waals surface area contributed by atoms with Crippen LogP contribution in [0.1, 0.15) is 0 Å². The summed E-state index contributed by atoms with van der Waals surface area (Å²) in [6, 6.07) is 63.5. The summed E-state index contributed by atoms with van der Waals surface area (Å²) in [7, 11) is -1.79. The third kappa shape index (κ3) is 3.97. The molecule has 0 aliphatic carbocycles. The Morgan fingerprint density at radius 2 is 0.851 bits per heavy atom. The molecule has 7 aromatic carbocycles. The van der Waals surface area contributed by atoms with Crippen LogP contribution >= 0.6 is 33.3 Å². The second-order valence-corrected chi connectivity index (χ2v) is 17.7. The number of hydrogen-bond acceptors (Lipinski definition) is 3. The van der Waals surface area contributed by atoms with Crippen molar-refractivity contribution in [1.82, 2.24) is 0 Å². The summed E-state index contributed by atoms with van der Waals surface area (Å²) in [5, 5.41) is 0.327. The molecule has 0 aromatic heterocycles. The van der Waals surface area contributed by atoms with Crippen molar-refractivity contribution in [3.8, 4) is 22.3 Å². The molecule has 0 radical (unpaired) electrons. The predicted octanol–water partition coefficient (Wildman–Crippen LogP) is 12.1. The minimum Gasteiger partial charge on any atom is -0.308 e. The van der Waals surface area contributed by atoms with Gasteiger partial charge in [-0.2, -0.15) is 23.2 Å². The minimum atomic E-state index is -1.79. The Balaban J connectivity index is 1.30. The molecule has 0 unspecified atom stereocenters. The smallest absolute Gasteiger partial charge is 0.308 e. The average molecular weight is 654 g/mol. The summed E-state index contributed by atoms with van der Waals surface area (Å²) in [6.45, 7) is 0. The molecule has 47 heavy (non-hydrogen) atoms. The Bertz CT molecular complexity index is 2180. The SMILES string of the molecule is c1ccc(S2(c3ccccc3)c3ccccc3N(c3cc4c5c(c3)-c3ccccc3SB5Sc3ccccc3-4)c3ccccc32)cc1. The van der Waals surface area contributed by atoms with E-state index in [0.717, 1.165) is 0 Å². The van der Waals surface area contributed by atoms with Gasteiger partial charge in [-0.25, -0.2) is 0 Å². The molecule has 0 spiro atoms. The molecule has 3 aliphatic heterocycles. The number of anilines is 3. The Hall–Kier alpha value is -4.55. The number of nitrogens with zero attached hydrogens (tertiary/aromatic N) is 1. The van der Waals surface area contributed by atoms with Gasteiger partial charge in [0.05, 0.1) is 11.4 Å². The van der Waals surface area contributed by atoms with E-state index in [1.807, 2.05) is 23.2 Å². The highest BCUT2D eigenvalue weighted by molar-refractivity contribution is 8.56. The fourth-order valence-corrected chi connectivity index (χ4v) is 14.8. The molecule has 0 atom stereocenters. The molecular formula is C42H28BNS3. The second kappa shape index (κ2) is 10.7. The standard InChI is InChI=1S/C42H28BNS3/c1-3-15-30(16-4-1)47(31-17-5-2-6-18-31)40-25-13-9-21-36(40)44(37-22-10-14-26-41(37)47)29-27-34-32-19-7-11-23-38(32)45-43-42(34)35(28-29)33-20-8-12-24-39(33)46-43/h1-28H. The lowest BCUT2D eigenvalue weighted by Crippen LogP contribution is -2.34. The molecule has 10 rings (SSSR count). The molecule has 1 nitrogen and oxygen atoms in total. The van der Waals surface area contributed by atoms with Gasteiger partial charge in [-0.05, 0) is 101 Å². The maximum Gasteiger partial charge on any atom is 0.318 e. The summed E-state index contributed by atoms with van der Waals surface area (Å²) in [4.78, 5) is 10.7. The van der Waals surface area contributed by atoms with Gasteiger partial charge in [-0.15, -0.1) is 10.0 Å². The van der Waals surface area contributed by atoms with Crippen LogP contribution in [0.5, 0.6) is 0 Å². The summed E-state index contributed by atoms with van der Waals surface area (Å²) < 4.78 is 0. The predicted molar refractivity (Wildman–Crippen MR) is 203 cm³/mol. The normalized spacial score (nSPS) is 15.4. The van der Waals surface area contributed by atoms with E-state index >= 15 is 0 Å². The maximum absolute atomic E-state index is 2.54. The van der Waals surface area contributed by atoms with E-state index < -0.39 is 10.0 Å². The van der Waals surface area contributed by atoms with Crippen molar-refractivity contribution in [1.29, 1.82) is 0 Å². The maximum atomic E-state index is 2.54. The quantitative estimate of drug-likeness (QED) is 0.175. The van der Waals surface area contributed by atoms with Crippen LogP contribution in [0.3, 0.4) is 0 Å². The molecule has 222 valence electrons. The summed E-state index contributed by atoms with van der Waals surface area (Å²) in [5.41, 5.74) is 10.5. The fraction of sp³-hybridized carbons (Fsp3) is 0. The molecule has 0 amide bonds. The van der Waals surface area contributed by atoms with E-state index in [4.69, 9.17) is 0 Å². The zero-order valence-corrected chi connectivity index (χ0v) is 27.9. The van der Waals surface area contributed by atoms with Crippen molar-refractivity contribution < 1.29 is 0 Å². The van der Waals surface area contributed by atoms with Gasteiger partial charge in [0, 0.05) is 35.1 Å². The molecule has 7 aromatic rings. The van der Waals surface area contributed by atoms with E-state index in [0.29, 0.717) is 5.27 Å². The first-order chi connectivity index (χ1) is 23.3. The topological polar surface area (TPSA) is 3.24 Å². The molecule has 0 saturated carbocycles. The van der Waals surface area contributed by atoms with Gasteiger partial charge in [0.15, 0.2) is 0 Å². The number of hydrogen-bond donors (Lipinski definition) is 0. The number of para-hydroxylation sites is 2. The monoisotopic (exact) mass is 653 g/mol. The molecular weight excluding hydrogens is 625 g/mol. The first-order valence-electron chi connectivity index (χ1n) is 15.9. The molecule has 5 heteroatoms. The van der Waals surface area contributed by atoms with Crippen LogP contribution in [0.25, 0.3) is 22.3 Å².